The van der Waals surface area contributed by atoms with Crippen molar-refractivity contribution in [3.63, 3.8) is 0 Å². The molecule has 122 valence electrons. The van der Waals surface area contributed by atoms with Crippen molar-refractivity contribution < 1.29 is 4.92 Å². The molecule has 0 radical (unpaired) electrons. The molecule has 2 fully saturated rings. The summed E-state index contributed by atoms with van der Waals surface area (Å²) in [6.45, 7) is 4.60. The summed E-state index contributed by atoms with van der Waals surface area (Å²) in [6.07, 6.45) is 9.97. The van der Waals surface area contributed by atoms with E-state index in [2.05, 4.69) is 26.0 Å². The van der Waals surface area contributed by atoms with E-state index in [1.807, 2.05) is 0 Å². The first kappa shape index (κ1) is 17.0. The molecular formula is C18H28N2O2. The van der Waals surface area contributed by atoms with Gasteiger partial charge in [0.25, 0.3) is 0 Å². The van der Waals surface area contributed by atoms with E-state index in [1.165, 1.54) is 25.7 Å². The highest BCUT2D eigenvalue weighted by Crippen LogP contribution is 2.37. The van der Waals surface area contributed by atoms with Gasteiger partial charge in [-0.25, -0.2) is 0 Å². The average Bonchev–Trinajstić information content (AvgIpc) is 2.53. The van der Waals surface area contributed by atoms with E-state index < -0.39 is 6.04 Å². The molecule has 2 aliphatic rings. The van der Waals surface area contributed by atoms with Gasteiger partial charge in [-0.3, -0.25) is 10.1 Å². The minimum atomic E-state index is -0.391. The van der Waals surface area contributed by atoms with Crippen molar-refractivity contribution in [1.29, 1.82) is 5.26 Å². The lowest BCUT2D eigenvalue weighted by Gasteiger charge is -2.30. The first-order valence-electron chi connectivity index (χ1n) is 8.76. The van der Waals surface area contributed by atoms with Gasteiger partial charge in [0.05, 0.1) is 6.07 Å². The van der Waals surface area contributed by atoms with Crippen LogP contribution in [0.25, 0.3) is 0 Å². The van der Waals surface area contributed by atoms with Crippen molar-refractivity contribution in [2.45, 2.75) is 71.3 Å². The second kappa shape index (κ2) is 7.76. The molecule has 22 heavy (non-hydrogen) atoms. The molecule has 0 atom stereocenters. The van der Waals surface area contributed by atoms with Crippen LogP contribution in [-0.2, 0) is 0 Å². The zero-order chi connectivity index (χ0) is 16.1. The molecule has 0 aromatic carbocycles. The van der Waals surface area contributed by atoms with Gasteiger partial charge in [-0.05, 0) is 62.2 Å². The number of nitriles is 1. The summed E-state index contributed by atoms with van der Waals surface area (Å²) >= 11 is 0. The Bertz CT molecular complexity index is 448. The third-order valence-corrected chi connectivity index (χ3v) is 5.74. The first-order chi connectivity index (χ1) is 10.5. The predicted octanol–water partition coefficient (Wildman–Crippen LogP) is 4.73. The van der Waals surface area contributed by atoms with Crippen LogP contribution in [0.2, 0.25) is 0 Å². The molecule has 0 spiro atoms. The maximum absolute atomic E-state index is 10.8. The number of allylic oxidation sites excluding steroid dienone is 2. The third kappa shape index (κ3) is 4.32. The molecule has 2 rings (SSSR count). The monoisotopic (exact) mass is 304 g/mol. The molecule has 0 aromatic rings. The number of rotatable bonds is 4. The lowest BCUT2D eigenvalue weighted by atomic mass is 9.75. The van der Waals surface area contributed by atoms with E-state index in [0.717, 1.165) is 30.3 Å². The van der Waals surface area contributed by atoms with Crippen molar-refractivity contribution in [3.05, 3.63) is 21.8 Å². The molecule has 0 amide bonds. The number of nitrogens with zero attached hydrogens (tertiary/aromatic N) is 2. The van der Waals surface area contributed by atoms with Crippen molar-refractivity contribution >= 4 is 0 Å². The largest absolute Gasteiger partial charge is 0.264 e. The SMILES string of the molecule is CC(C)C1CCC(/C=C(/C#N)C2CCC([N+](=O)[O-])CC2)CC1. The fourth-order valence-corrected chi connectivity index (χ4v) is 4.09. The second-order valence-electron chi connectivity index (χ2n) is 7.44. The van der Waals surface area contributed by atoms with E-state index in [9.17, 15) is 15.4 Å². The maximum Gasteiger partial charge on any atom is 0.213 e. The smallest absolute Gasteiger partial charge is 0.213 e. The Hall–Kier alpha value is -1.37. The van der Waals surface area contributed by atoms with Crippen LogP contribution in [-0.4, -0.2) is 11.0 Å². The molecule has 0 aromatic heterocycles. The highest BCUT2D eigenvalue weighted by atomic mass is 16.6. The zero-order valence-electron chi connectivity index (χ0n) is 13.8. The molecule has 0 unspecified atom stereocenters. The molecule has 2 saturated carbocycles. The second-order valence-corrected chi connectivity index (χ2v) is 7.44. The summed E-state index contributed by atoms with van der Waals surface area (Å²) in [7, 11) is 0. The van der Waals surface area contributed by atoms with Crippen LogP contribution in [0.5, 0.6) is 0 Å². The van der Waals surface area contributed by atoms with E-state index in [-0.39, 0.29) is 10.8 Å². The zero-order valence-corrected chi connectivity index (χ0v) is 13.8. The van der Waals surface area contributed by atoms with Crippen LogP contribution in [0, 0.1) is 45.1 Å². The van der Waals surface area contributed by atoms with Gasteiger partial charge in [0, 0.05) is 23.3 Å². The lowest BCUT2D eigenvalue weighted by molar-refractivity contribution is -0.526. The van der Waals surface area contributed by atoms with Gasteiger partial charge in [-0.15, -0.1) is 0 Å². The summed E-state index contributed by atoms with van der Waals surface area (Å²) < 4.78 is 0. The van der Waals surface area contributed by atoms with E-state index in [1.54, 1.807) is 0 Å². The summed E-state index contributed by atoms with van der Waals surface area (Å²) in [5, 5.41) is 20.3. The van der Waals surface area contributed by atoms with Crippen LogP contribution in [0.1, 0.15) is 65.2 Å². The molecule has 0 bridgehead atoms. The Morgan fingerprint density at radius 1 is 1.14 bits per heavy atom. The Morgan fingerprint density at radius 2 is 1.73 bits per heavy atom. The van der Waals surface area contributed by atoms with Gasteiger partial charge in [0.1, 0.15) is 0 Å². The normalized spacial score (nSPS) is 33.5. The van der Waals surface area contributed by atoms with E-state index in [0.29, 0.717) is 18.8 Å². The Balaban J connectivity index is 1.90. The van der Waals surface area contributed by atoms with E-state index >= 15 is 0 Å². The van der Waals surface area contributed by atoms with Crippen molar-refractivity contribution in [1.82, 2.24) is 0 Å². The van der Waals surface area contributed by atoms with Gasteiger partial charge in [0.15, 0.2) is 0 Å². The fourth-order valence-electron chi connectivity index (χ4n) is 4.09. The molecule has 0 N–H and O–H groups in total. The van der Waals surface area contributed by atoms with Gasteiger partial charge < -0.3 is 0 Å². The highest BCUT2D eigenvalue weighted by molar-refractivity contribution is 5.25. The van der Waals surface area contributed by atoms with Crippen LogP contribution < -0.4 is 0 Å². The van der Waals surface area contributed by atoms with Gasteiger partial charge in [-0.2, -0.15) is 5.26 Å². The molecule has 0 saturated heterocycles. The van der Waals surface area contributed by atoms with Crippen molar-refractivity contribution in [2.75, 3.05) is 0 Å². The average molecular weight is 304 g/mol. The molecule has 0 heterocycles. The van der Waals surface area contributed by atoms with Crippen LogP contribution in [0.4, 0.5) is 0 Å². The highest BCUT2D eigenvalue weighted by Gasteiger charge is 2.31. The Kier molecular flexibility index (Phi) is 5.99. The molecule has 0 aliphatic heterocycles. The number of hydrogen-bond acceptors (Lipinski definition) is 3. The quantitative estimate of drug-likeness (QED) is 0.428. The third-order valence-electron chi connectivity index (χ3n) is 5.74. The van der Waals surface area contributed by atoms with Crippen molar-refractivity contribution in [3.8, 4) is 6.07 Å². The minimum Gasteiger partial charge on any atom is -0.264 e. The van der Waals surface area contributed by atoms with Gasteiger partial charge in [-0.1, -0.05) is 19.9 Å². The van der Waals surface area contributed by atoms with Gasteiger partial charge >= 0.3 is 0 Å². The van der Waals surface area contributed by atoms with E-state index in [4.69, 9.17) is 0 Å². The minimum absolute atomic E-state index is 0.154. The topological polar surface area (TPSA) is 66.9 Å². The molecule has 2 aliphatic carbocycles. The Labute approximate surface area is 133 Å². The molecule has 4 nitrogen and oxygen atoms in total. The Morgan fingerprint density at radius 3 is 2.18 bits per heavy atom. The predicted molar refractivity (Wildman–Crippen MR) is 86.7 cm³/mol. The molecular weight excluding hydrogens is 276 g/mol. The van der Waals surface area contributed by atoms with Crippen LogP contribution in [0.15, 0.2) is 11.6 Å². The standard InChI is InChI=1S/C18H28N2O2/c1-13(2)15-5-3-14(4-6-15)11-17(12-19)16-7-9-18(10-8-16)20(21)22/h11,13-16,18H,3-10H2,1-2H3/b17-11-. The molecule has 4 heteroatoms. The van der Waals surface area contributed by atoms with Gasteiger partial charge in [0.2, 0.25) is 6.04 Å². The van der Waals surface area contributed by atoms with Crippen LogP contribution in [0.3, 0.4) is 0 Å². The van der Waals surface area contributed by atoms with Crippen molar-refractivity contribution in [2.24, 2.45) is 23.7 Å². The fraction of sp³-hybridized carbons (Fsp3) is 0.833. The first-order valence-corrected chi connectivity index (χ1v) is 8.76. The number of hydrogen-bond donors (Lipinski definition) is 0. The van der Waals surface area contributed by atoms with Crippen LogP contribution >= 0.6 is 0 Å². The summed E-state index contributed by atoms with van der Waals surface area (Å²) in [4.78, 5) is 10.7. The number of nitro groups is 1. The summed E-state index contributed by atoms with van der Waals surface area (Å²) in [5.74, 6) is 2.39. The maximum atomic E-state index is 10.8. The lowest BCUT2D eigenvalue weighted by Crippen LogP contribution is -2.26. The summed E-state index contributed by atoms with van der Waals surface area (Å²) in [6, 6.07) is 2.00. The summed E-state index contributed by atoms with van der Waals surface area (Å²) in [5.41, 5.74) is 0.898.